The number of ketones is 1. The lowest BCUT2D eigenvalue weighted by Gasteiger charge is -2.31. The van der Waals surface area contributed by atoms with E-state index in [0.29, 0.717) is 25.3 Å². The van der Waals surface area contributed by atoms with Gasteiger partial charge in [0.25, 0.3) is 0 Å². The SMILES string of the molecule is CCC1CN(S(=O)(=O)c2cccc(C(C)=O)c2)CCO1. The average Bonchev–Trinajstić information content (AvgIpc) is 2.47. The number of hydrogen-bond donors (Lipinski definition) is 0. The number of sulfonamides is 1. The minimum absolute atomic E-state index is 0.0606. The summed E-state index contributed by atoms with van der Waals surface area (Å²) in [6.07, 6.45) is 0.717. The Kier molecular flexibility index (Phi) is 4.57. The monoisotopic (exact) mass is 297 g/mol. The highest BCUT2D eigenvalue weighted by molar-refractivity contribution is 7.89. The van der Waals surface area contributed by atoms with Crippen LogP contribution in [-0.4, -0.2) is 44.3 Å². The third-order valence-electron chi connectivity index (χ3n) is 3.44. The van der Waals surface area contributed by atoms with Crippen molar-refractivity contribution in [1.82, 2.24) is 4.31 Å². The van der Waals surface area contributed by atoms with Crippen LogP contribution in [0.5, 0.6) is 0 Å². The van der Waals surface area contributed by atoms with Gasteiger partial charge in [0.15, 0.2) is 5.78 Å². The molecule has 2 rings (SSSR count). The summed E-state index contributed by atoms with van der Waals surface area (Å²) >= 11 is 0. The number of nitrogens with zero attached hydrogens (tertiary/aromatic N) is 1. The van der Waals surface area contributed by atoms with Crippen LogP contribution < -0.4 is 0 Å². The number of morpholine rings is 1. The fourth-order valence-corrected chi connectivity index (χ4v) is 3.68. The fourth-order valence-electron chi connectivity index (χ4n) is 2.18. The van der Waals surface area contributed by atoms with Gasteiger partial charge in [-0.05, 0) is 25.5 Å². The van der Waals surface area contributed by atoms with Crippen LogP contribution in [0.1, 0.15) is 30.6 Å². The molecule has 5 nitrogen and oxygen atoms in total. The van der Waals surface area contributed by atoms with E-state index in [1.807, 2.05) is 6.92 Å². The second-order valence-electron chi connectivity index (χ2n) is 4.85. The van der Waals surface area contributed by atoms with E-state index in [9.17, 15) is 13.2 Å². The zero-order valence-electron chi connectivity index (χ0n) is 11.7. The largest absolute Gasteiger partial charge is 0.375 e. The van der Waals surface area contributed by atoms with E-state index < -0.39 is 10.0 Å². The highest BCUT2D eigenvalue weighted by atomic mass is 32.2. The van der Waals surface area contributed by atoms with Gasteiger partial charge in [-0.1, -0.05) is 19.1 Å². The molecule has 6 heteroatoms. The molecule has 0 amide bonds. The fraction of sp³-hybridized carbons (Fsp3) is 0.500. The van der Waals surface area contributed by atoms with Gasteiger partial charge >= 0.3 is 0 Å². The van der Waals surface area contributed by atoms with Crippen LogP contribution in [0.4, 0.5) is 0 Å². The molecule has 0 bridgehead atoms. The zero-order valence-corrected chi connectivity index (χ0v) is 12.5. The third-order valence-corrected chi connectivity index (χ3v) is 5.30. The topological polar surface area (TPSA) is 63.7 Å². The minimum Gasteiger partial charge on any atom is -0.375 e. The number of rotatable bonds is 4. The predicted molar refractivity (Wildman–Crippen MR) is 75.2 cm³/mol. The van der Waals surface area contributed by atoms with Gasteiger partial charge in [-0.15, -0.1) is 0 Å². The van der Waals surface area contributed by atoms with Gasteiger partial charge in [0.1, 0.15) is 0 Å². The maximum absolute atomic E-state index is 12.6. The molecule has 1 heterocycles. The second-order valence-corrected chi connectivity index (χ2v) is 6.79. The van der Waals surface area contributed by atoms with Crippen molar-refractivity contribution in [3.8, 4) is 0 Å². The molecule has 1 aromatic carbocycles. The first-order chi connectivity index (χ1) is 9.45. The van der Waals surface area contributed by atoms with Gasteiger partial charge in [0, 0.05) is 18.7 Å². The smallest absolute Gasteiger partial charge is 0.243 e. The zero-order chi connectivity index (χ0) is 14.8. The molecule has 1 aliphatic heterocycles. The summed E-state index contributed by atoms with van der Waals surface area (Å²) in [5.74, 6) is -0.143. The molecule has 1 aliphatic rings. The van der Waals surface area contributed by atoms with Crippen LogP contribution in [-0.2, 0) is 14.8 Å². The minimum atomic E-state index is -3.56. The highest BCUT2D eigenvalue weighted by Gasteiger charge is 2.30. The van der Waals surface area contributed by atoms with Crippen LogP contribution in [0.15, 0.2) is 29.2 Å². The van der Waals surface area contributed by atoms with Crippen LogP contribution in [0.25, 0.3) is 0 Å². The maximum Gasteiger partial charge on any atom is 0.243 e. The number of benzene rings is 1. The Bertz CT molecular complexity index is 597. The Morgan fingerprint density at radius 3 is 2.85 bits per heavy atom. The number of ether oxygens (including phenoxy) is 1. The summed E-state index contributed by atoms with van der Waals surface area (Å²) in [5.41, 5.74) is 0.409. The number of carbonyl (C=O) groups excluding carboxylic acids is 1. The van der Waals surface area contributed by atoms with Crippen molar-refractivity contribution in [2.45, 2.75) is 31.3 Å². The van der Waals surface area contributed by atoms with E-state index in [4.69, 9.17) is 4.74 Å². The van der Waals surface area contributed by atoms with Gasteiger partial charge in [-0.3, -0.25) is 4.79 Å². The molecular formula is C14H19NO4S. The molecule has 20 heavy (non-hydrogen) atoms. The molecule has 1 fully saturated rings. The Hall–Kier alpha value is -1.24. The molecule has 0 radical (unpaired) electrons. The lowest BCUT2D eigenvalue weighted by atomic mass is 10.2. The second kappa shape index (κ2) is 6.03. The van der Waals surface area contributed by atoms with E-state index in [-0.39, 0.29) is 16.8 Å². The molecule has 0 aromatic heterocycles. The van der Waals surface area contributed by atoms with Crippen molar-refractivity contribution in [1.29, 1.82) is 0 Å². The van der Waals surface area contributed by atoms with Crippen molar-refractivity contribution in [3.63, 3.8) is 0 Å². The van der Waals surface area contributed by atoms with Gasteiger partial charge in [0.05, 0.1) is 17.6 Å². The summed E-state index contributed by atoms with van der Waals surface area (Å²) in [6.45, 7) is 4.52. The molecule has 0 N–H and O–H groups in total. The van der Waals surface area contributed by atoms with E-state index in [1.165, 1.54) is 23.4 Å². The summed E-state index contributed by atoms with van der Waals surface area (Å²) in [5, 5.41) is 0. The van der Waals surface area contributed by atoms with Crippen LogP contribution in [0, 0.1) is 0 Å². The Morgan fingerprint density at radius 2 is 2.20 bits per heavy atom. The molecule has 1 aromatic rings. The Morgan fingerprint density at radius 1 is 1.45 bits per heavy atom. The van der Waals surface area contributed by atoms with Gasteiger partial charge in [0.2, 0.25) is 10.0 Å². The van der Waals surface area contributed by atoms with Crippen molar-refractivity contribution in [2.75, 3.05) is 19.7 Å². The maximum atomic E-state index is 12.6. The molecule has 1 saturated heterocycles. The third kappa shape index (κ3) is 3.08. The van der Waals surface area contributed by atoms with Crippen LogP contribution >= 0.6 is 0 Å². The standard InChI is InChI=1S/C14H19NO4S/c1-3-13-10-15(7-8-19-13)20(17,18)14-6-4-5-12(9-14)11(2)16/h4-6,9,13H,3,7-8,10H2,1-2H3. The summed E-state index contributed by atoms with van der Waals surface area (Å²) in [6, 6.07) is 6.18. The average molecular weight is 297 g/mol. The lowest BCUT2D eigenvalue weighted by Crippen LogP contribution is -2.45. The number of carbonyl (C=O) groups is 1. The van der Waals surface area contributed by atoms with Gasteiger partial charge in [-0.25, -0.2) is 8.42 Å². The van der Waals surface area contributed by atoms with Crippen molar-refractivity contribution in [2.24, 2.45) is 0 Å². The molecule has 1 unspecified atom stereocenters. The molecule has 0 aliphatic carbocycles. The first-order valence-electron chi connectivity index (χ1n) is 6.68. The van der Waals surface area contributed by atoms with Crippen molar-refractivity contribution < 1.29 is 17.9 Å². The van der Waals surface area contributed by atoms with Gasteiger partial charge < -0.3 is 4.74 Å². The first kappa shape index (κ1) is 15.2. The quantitative estimate of drug-likeness (QED) is 0.793. The van der Waals surface area contributed by atoms with Crippen molar-refractivity contribution in [3.05, 3.63) is 29.8 Å². The highest BCUT2D eigenvalue weighted by Crippen LogP contribution is 2.20. The van der Waals surface area contributed by atoms with Crippen LogP contribution in [0.2, 0.25) is 0 Å². The van der Waals surface area contributed by atoms with Gasteiger partial charge in [-0.2, -0.15) is 4.31 Å². The number of hydrogen-bond acceptors (Lipinski definition) is 4. The van der Waals surface area contributed by atoms with E-state index in [0.717, 1.165) is 6.42 Å². The van der Waals surface area contributed by atoms with Crippen molar-refractivity contribution >= 4 is 15.8 Å². The lowest BCUT2D eigenvalue weighted by molar-refractivity contribution is -0.00278. The molecule has 110 valence electrons. The molecular weight excluding hydrogens is 278 g/mol. The molecule has 0 spiro atoms. The van der Waals surface area contributed by atoms with E-state index in [2.05, 4.69) is 0 Å². The summed E-state index contributed by atoms with van der Waals surface area (Å²) in [4.78, 5) is 11.5. The Balaban J connectivity index is 2.30. The number of Topliss-reactive ketones (excluding diaryl/α,β-unsaturated/α-hetero) is 1. The van der Waals surface area contributed by atoms with E-state index in [1.54, 1.807) is 12.1 Å². The Labute approximate surface area is 119 Å². The summed E-state index contributed by atoms with van der Waals surface area (Å²) in [7, 11) is -3.56. The predicted octanol–water partition coefficient (Wildman–Crippen LogP) is 1.69. The normalized spacial score (nSPS) is 20.8. The first-order valence-corrected chi connectivity index (χ1v) is 8.12. The van der Waals surface area contributed by atoms with E-state index >= 15 is 0 Å². The molecule has 0 saturated carbocycles. The van der Waals surface area contributed by atoms with Crippen LogP contribution in [0.3, 0.4) is 0 Å². The summed E-state index contributed by atoms with van der Waals surface area (Å²) < 4.78 is 32.1. The molecule has 1 atom stereocenters.